The summed E-state index contributed by atoms with van der Waals surface area (Å²) in [5.74, 6) is 0. The van der Waals surface area contributed by atoms with Gasteiger partial charge in [-0.25, -0.2) is 0 Å². The third kappa shape index (κ3) is 4.28. The fourth-order valence-electron chi connectivity index (χ4n) is 9.26. The Morgan fingerprint density at radius 1 is 0.500 bits per heavy atom. The van der Waals surface area contributed by atoms with Gasteiger partial charge in [-0.15, -0.1) is 11.3 Å². The second-order valence-electron chi connectivity index (χ2n) is 17.1. The van der Waals surface area contributed by atoms with Gasteiger partial charge >= 0.3 is 0 Å². The van der Waals surface area contributed by atoms with Gasteiger partial charge in [0.05, 0.1) is 15.8 Å². The maximum absolute atomic E-state index is 3.97. The molecule has 0 saturated heterocycles. The van der Waals surface area contributed by atoms with Gasteiger partial charge in [-0.3, -0.25) is 0 Å². The summed E-state index contributed by atoms with van der Waals surface area (Å²) in [6.45, 7) is 16.2. The highest BCUT2D eigenvalue weighted by Gasteiger charge is 2.52. The number of hydrogen-bond donors (Lipinski definition) is 1. The topological polar surface area (TPSA) is 12.0 Å². The van der Waals surface area contributed by atoms with Crippen molar-refractivity contribution in [2.45, 2.75) is 64.7 Å². The van der Waals surface area contributed by atoms with Crippen molar-refractivity contribution in [3.8, 4) is 22.3 Å². The number of rotatable bonds is 2. The maximum Gasteiger partial charge on any atom is 0.0726 e. The second-order valence-corrected chi connectivity index (χ2v) is 18.1. The monoisotopic (exact) mass is 689 g/mol. The summed E-state index contributed by atoms with van der Waals surface area (Å²) in [5, 5.41) is 9.28. The molecule has 1 N–H and O–H groups in total. The summed E-state index contributed by atoms with van der Waals surface area (Å²) >= 11 is 1.91. The van der Waals surface area contributed by atoms with E-state index in [2.05, 4.69) is 181 Å². The average Bonchev–Trinajstić information content (AvgIpc) is 3.76. The van der Waals surface area contributed by atoms with Crippen LogP contribution in [0.3, 0.4) is 0 Å². The second kappa shape index (κ2) is 10.7. The van der Waals surface area contributed by atoms with Gasteiger partial charge in [0.1, 0.15) is 0 Å². The number of fused-ring (bicyclic) bond motifs is 15. The van der Waals surface area contributed by atoms with Crippen LogP contribution in [0.15, 0.2) is 127 Å². The normalized spacial score (nSPS) is 14.2. The van der Waals surface area contributed by atoms with E-state index in [0.717, 1.165) is 11.4 Å². The first kappa shape index (κ1) is 31.5. The Labute approximate surface area is 311 Å². The van der Waals surface area contributed by atoms with Crippen molar-refractivity contribution < 1.29 is 0 Å². The van der Waals surface area contributed by atoms with Gasteiger partial charge in [-0.2, -0.15) is 0 Å². The van der Waals surface area contributed by atoms with Crippen LogP contribution in [0.5, 0.6) is 0 Å². The number of aryl methyl sites for hydroxylation is 1. The van der Waals surface area contributed by atoms with Crippen LogP contribution in [0.2, 0.25) is 0 Å². The highest BCUT2D eigenvalue weighted by molar-refractivity contribution is 7.26. The summed E-state index contributed by atoms with van der Waals surface area (Å²) < 4.78 is 2.67. The molecule has 0 fully saturated rings. The zero-order chi connectivity index (χ0) is 35.7. The summed E-state index contributed by atoms with van der Waals surface area (Å²) in [4.78, 5) is 0. The summed E-state index contributed by atoms with van der Waals surface area (Å²) in [6, 6.07) is 48.8. The molecule has 1 spiro atoms. The number of anilines is 2. The molecular formula is C50H43NS. The Hall–Kier alpha value is -5.18. The summed E-state index contributed by atoms with van der Waals surface area (Å²) in [6.07, 6.45) is 0. The Morgan fingerprint density at radius 2 is 1.08 bits per heavy atom. The first-order valence-corrected chi connectivity index (χ1v) is 19.4. The molecule has 0 saturated carbocycles. The third-order valence-electron chi connectivity index (χ3n) is 11.9. The van der Waals surface area contributed by atoms with Crippen LogP contribution in [0.1, 0.15) is 80.5 Å². The van der Waals surface area contributed by atoms with E-state index in [1.54, 1.807) is 0 Å². The number of thiophene rings is 1. The van der Waals surface area contributed by atoms with Crippen LogP contribution in [0.4, 0.5) is 11.4 Å². The summed E-state index contributed by atoms with van der Waals surface area (Å²) in [5.41, 5.74) is 16.9. The van der Waals surface area contributed by atoms with Crippen LogP contribution in [-0.2, 0) is 16.2 Å². The molecule has 2 heteroatoms. The molecule has 0 radical (unpaired) electrons. The van der Waals surface area contributed by atoms with Crippen molar-refractivity contribution in [1.29, 1.82) is 0 Å². The third-order valence-corrected chi connectivity index (χ3v) is 13.2. The van der Waals surface area contributed by atoms with Gasteiger partial charge in [0.25, 0.3) is 0 Å². The molecular weight excluding hydrogens is 647 g/mol. The Balaban J connectivity index is 1.22. The minimum Gasteiger partial charge on any atom is -0.354 e. The molecule has 0 unspecified atom stereocenters. The largest absolute Gasteiger partial charge is 0.354 e. The molecule has 52 heavy (non-hydrogen) atoms. The quantitative estimate of drug-likeness (QED) is 0.190. The predicted octanol–water partition coefficient (Wildman–Crippen LogP) is 14.2. The minimum absolute atomic E-state index is 0.0263. The van der Waals surface area contributed by atoms with E-state index >= 15 is 0 Å². The smallest absolute Gasteiger partial charge is 0.0726 e. The van der Waals surface area contributed by atoms with Crippen LogP contribution in [0, 0.1) is 6.92 Å². The standard InChI is InChI=1S/C50H43NS/c1-29-25-30-13-8-9-14-34(30)45-39-16-12-18-44(47(39)52-46(29)45)51-33-21-24-38-35-15-10-11-17-40(35)50(43(38)28-33)41-26-31(48(2,3)4)19-22-36(41)37-23-20-32(27-42(37)50)49(5,6)7/h8-28,51H,1-7H3. The molecule has 8 aromatic rings. The van der Waals surface area contributed by atoms with Crippen LogP contribution in [-0.4, -0.2) is 0 Å². The van der Waals surface area contributed by atoms with Crippen molar-refractivity contribution in [2.24, 2.45) is 0 Å². The molecule has 0 aliphatic heterocycles. The zero-order valence-electron chi connectivity index (χ0n) is 31.0. The number of benzene rings is 7. The number of hydrogen-bond acceptors (Lipinski definition) is 2. The molecule has 0 atom stereocenters. The fourth-order valence-corrected chi connectivity index (χ4v) is 10.5. The molecule has 254 valence electrons. The van der Waals surface area contributed by atoms with Gasteiger partial charge in [0.15, 0.2) is 0 Å². The van der Waals surface area contributed by atoms with E-state index in [-0.39, 0.29) is 10.8 Å². The predicted molar refractivity (Wildman–Crippen MR) is 225 cm³/mol. The van der Waals surface area contributed by atoms with E-state index in [1.807, 2.05) is 11.3 Å². The van der Waals surface area contributed by atoms with Crippen LogP contribution >= 0.6 is 11.3 Å². The van der Waals surface area contributed by atoms with Crippen molar-refractivity contribution >= 4 is 53.7 Å². The molecule has 1 heterocycles. The van der Waals surface area contributed by atoms with E-state index < -0.39 is 5.41 Å². The van der Waals surface area contributed by atoms with Crippen molar-refractivity contribution in [1.82, 2.24) is 0 Å². The first-order valence-electron chi connectivity index (χ1n) is 18.6. The van der Waals surface area contributed by atoms with Gasteiger partial charge in [-0.1, -0.05) is 145 Å². The molecule has 0 bridgehead atoms. The van der Waals surface area contributed by atoms with Crippen LogP contribution < -0.4 is 5.32 Å². The lowest BCUT2D eigenvalue weighted by Crippen LogP contribution is -2.27. The van der Waals surface area contributed by atoms with E-state index in [0.29, 0.717) is 0 Å². The van der Waals surface area contributed by atoms with E-state index in [1.165, 1.54) is 92.1 Å². The van der Waals surface area contributed by atoms with Gasteiger partial charge in [0.2, 0.25) is 0 Å². The summed E-state index contributed by atoms with van der Waals surface area (Å²) in [7, 11) is 0. The SMILES string of the molecule is Cc1cc2ccccc2c2c1sc1c(Nc3ccc4c(c3)C3(c5ccccc5-4)c4cc(C(C)(C)C)ccc4-c4ccc(C(C)(C)C)cc43)cccc12. The minimum atomic E-state index is -0.420. The molecule has 0 amide bonds. The van der Waals surface area contributed by atoms with Gasteiger partial charge < -0.3 is 5.32 Å². The average molecular weight is 690 g/mol. The Morgan fingerprint density at radius 3 is 1.77 bits per heavy atom. The molecule has 1 aromatic heterocycles. The fraction of sp³-hybridized carbons (Fsp3) is 0.200. The van der Waals surface area contributed by atoms with Crippen molar-refractivity contribution in [2.75, 3.05) is 5.32 Å². The Bertz CT molecular complexity index is 2730. The lowest BCUT2D eigenvalue weighted by Gasteiger charge is -2.33. The lowest BCUT2D eigenvalue weighted by molar-refractivity contribution is 0.586. The van der Waals surface area contributed by atoms with Gasteiger partial charge in [0, 0.05) is 21.2 Å². The van der Waals surface area contributed by atoms with Crippen molar-refractivity contribution in [3.63, 3.8) is 0 Å². The highest BCUT2D eigenvalue weighted by Crippen LogP contribution is 2.64. The molecule has 1 nitrogen and oxygen atoms in total. The van der Waals surface area contributed by atoms with E-state index in [4.69, 9.17) is 0 Å². The molecule has 10 rings (SSSR count). The highest BCUT2D eigenvalue weighted by atomic mass is 32.1. The lowest BCUT2D eigenvalue weighted by atomic mass is 9.68. The molecule has 7 aromatic carbocycles. The van der Waals surface area contributed by atoms with E-state index in [9.17, 15) is 0 Å². The van der Waals surface area contributed by atoms with Crippen LogP contribution in [0.25, 0.3) is 53.2 Å². The molecule has 2 aliphatic rings. The Kier molecular flexibility index (Phi) is 6.48. The first-order chi connectivity index (χ1) is 24.9. The van der Waals surface area contributed by atoms with Gasteiger partial charge in [-0.05, 0) is 114 Å². The maximum atomic E-state index is 3.97. The zero-order valence-corrected chi connectivity index (χ0v) is 31.8. The molecule has 2 aliphatic carbocycles. The van der Waals surface area contributed by atoms with Crippen molar-refractivity contribution in [3.05, 3.63) is 166 Å². The number of nitrogens with one attached hydrogen (secondary N) is 1.